The van der Waals surface area contributed by atoms with Crippen molar-refractivity contribution in [1.82, 2.24) is 14.5 Å². The molecule has 3 atom stereocenters. The molecule has 2 aromatic carbocycles. The van der Waals surface area contributed by atoms with Crippen LogP contribution in [0.3, 0.4) is 0 Å². The van der Waals surface area contributed by atoms with E-state index < -0.39 is 22.2 Å². The minimum atomic E-state index is -3.84. The molecule has 3 N–H and O–H groups in total. The molecule has 3 amide bonds. The van der Waals surface area contributed by atoms with Gasteiger partial charge in [-0.05, 0) is 62.2 Å². The van der Waals surface area contributed by atoms with Crippen LogP contribution in [0.5, 0.6) is 11.5 Å². The maximum absolute atomic E-state index is 13.7. The molecule has 1 fully saturated rings. The summed E-state index contributed by atoms with van der Waals surface area (Å²) in [6.45, 7) is 3.66. The van der Waals surface area contributed by atoms with Gasteiger partial charge in [0.15, 0.2) is 0 Å². The number of ether oxygens (including phenoxy) is 2. The van der Waals surface area contributed by atoms with Crippen LogP contribution in [0.2, 0.25) is 0 Å². The summed E-state index contributed by atoms with van der Waals surface area (Å²) < 4.78 is 39.4. The van der Waals surface area contributed by atoms with Crippen molar-refractivity contribution in [2.75, 3.05) is 39.2 Å². The molecular formula is C30H42N4O7S. The fourth-order valence-corrected chi connectivity index (χ4v) is 6.58. The number of anilines is 1. The van der Waals surface area contributed by atoms with Gasteiger partial charge >= 0.3 is 6.03 Å². The number of nitrogens with one attached hydrogen (secondary N) is 2. The van der Waals surface area contributed by atoms with E-state index in [0.29, 0.717) is 11.4 Å². The van der Waals surface area contributed by atoms with Gasteiger partial charge in [0.25, 0.3) is 5.91 Å². The fraction of sp³-hybridized carbons (Fsp3) is 0.533. The third-order valence-corrected chi connectivity index (χ3v) is 9.91. The third-order valence-electron chi connectivity index (χ3n) is 8.07. The first-order valence-corrected chi connectivity index (χ1v) is 15.9. The summed E-state index contributed by atoms with van der Waals surface area (Å²) in [6.07, 6.45) is 4.63. The Hall–Kier alpha value is -3.35. The molecule has 2 aliphatic rings. The van der Waals surface area contributed by atoms with Crippen LogP contribution in [0.4, 0.5) is 10.5 Å². The maximum atomic E-state index is 13.7. The van der Waals surface area contributed by atoms with Crippen LogP contribution in [-0.2, 0) is 10.0 Å². The van der Waals surface area contributed by atoms with Crippen LogP contribution in [0.15, 0.2) is 47.4 Å². The molecule has 0 radical (unpaired) electrons. The highest BCUT2D eigenvalue weighted by atomic mass is 32.2. The number of sulfonamides is 1. The summed E-state index contributed by atoms with van der Waals surface area (Å²) in [4.78, 5) is 28.1. The van der Waals surface area contributed by atoms with Crippen molar-refractivity contribution >= 4 is 27.6 Å². The molecule has 1 saturated carbocycles. The first-order chi connectivity index (χ1) is 20.0. The number of aliphatic hydroxyl groups is 1. The predicted octanol–water partition coefficient (Wildman–Crippen LogP) is 3.69. The van der Waals surface area contributed by atoms with Gasteiger partial charge in [-0.15, -0.1) is 0 Å². The number of benzene rings is 2. The Kier molecular flexibility index (Phi) is 10.3. The number of hydrogen-bond acceptors (Lipinski definition) is 7. The number of fused-ring (bicyclic) bond motifs is 1. The number of likely N-dealkylation sites (N-methyl/N-ethyl adjacent to an activating group) is 1. The number of hydrogen-bond donors (Lipinski definition) is 3. The van der Waals surface area contributed by atoms with E-state index in [1.807, 2.05) is 6.92 Å². The zero-order chi connectivity index (χ0) is 30.4. The van der Waals surface area contributed by atoms with E-state index in [-0.39, 0.29) is 59.8 Å². The summed E-state index contributed by atoms with van der Waals surface area (Å²) in [6, 6.07) is 10.3. The van der Waals surface area contributed by atoms with E-state index in [2.05, 4.69) is 10.6 Å². The zero-order valence-electron chi connectivity index (χ0n) is 24.7. The quantitative estimate of drug-likeness (QED) is 0.398. The molecule has 1 heterocycles. The van der Waals surface area contributed by atoms with Crippen LogP contribution in [-0.4, -0.2) is 86.7 Å². The predicted molar refractivity (Wildman–Crippen MR) is 159 cm³/mol. The van der Waals surface area contributed by atoms with Gasteiger partial charge in [0.05, 0.1) is 36.8 Å². The molecule has 4 rings (SSSR count). The highest BCUT2D eigenvalue weighted by Gasteiger charge is 2.35. The number of carbonyl (C=O) groups is 2. The van der Waals surface area contributed by atoms with Gasteiger partial charge in [-0.3, -0.25) is 4.79 Å². The summed E-state index contributed by atoms with van der Waals surface area (Å²) in [5.41, 5.74) is 0.656. The summed E-state index contributed by atoms with van der Waals surface area (Å²) in [5, 5.41) is 15.8. The lowest BCUT2D eigenvalue weighted by Crippen LogP contribution is -2.50. The van der Waals surface area contributed by atoms with Gasteiger partial charge in [0.2, 0.25) is 10.0 Å². The van der Waals surface area contributed by atoms with Crippen molar-refractivity contribution in [2.24, 2.45) is 5.92 Å². The number of carbonyl (C=O) groups excluding carboxylic acids is 2. The Balaban J connectivity index is 1.58. The average Bonchev–Trinajstić information content (AvgIpc) is 2.99. The minimum Gasteiger partial charge on any atom is -0.497 e. The molecule has 2 aromatic rings. The van der Waals surface area contributed by atoms with Crippen LogP contribution >= 0.6 is 0 Å². The second kappa shape index (κ2) is 13.7. The second-order valence-electron chi connectivity index (χ2n) is 11.2. The van der Waals surface area contributed by atoms with E-state index in [1.54, 1.807) is 42.2 Å². The lowest BCUT2D eigenvalue weighted by atomic mass is 9.96. The van der Waals surface area contributed by atoms with E-state index in [1.165, 1.54) is 37.0 Å². The second-order valence-corrected chi connectivity index (χ2v) is 13.3. The lowest BCUT2D eigenvalue weighted by molar-refractivity contribution is 0.0387. The molecule has 0 spiro atoms. The highest BCUT2D eigenvalue weighted by Crippen LogP contribution is 2.31. The first-order valence-electron chi connectivity index (χ1n) is 14.4. The van der Waals surface area contributed by atoms with Crippen molar-refractivity contribution in [1.29, 1.82) is 0 Å². The van der Waals surface area contributed by atoms with Gasteiger partial charge in [-0.25, -0.2) is 13.2 Å². The SMILES string of the molecule is COc1ccc(S(=O)(=O)N(C)C[C@@H]2Oc3ccc(NC(=O)NC4CCCCC4)cc3C(=O)N([C@H](C)CO)C[C@H]2C)cc1. The van der Waals surface area contributed by atoms with Crippen molar-refractivity contribution in [3.8, 4) is 11.5 Å². The maximum Gasteiger partial charge on any atom is 0.319 e. The molecule has 230 valence electrons. The highest BCUT2D eigenvalue weighted by molar-refractivity contribution is 7.89. The van der Waals surface area contributed by atoms with Crippen molar-refractivity contribution in [3.63, 3.8) is 0 Å². The van der Waals surface area contributed by atoms with Crippen LogP contribution in [0, 0.1) is 5.92 Å². The molecule has 12 heteroatoms. The van der Waals surface area contributed by atoms with E-state index in [0.717, 1.165) is 25.7 Å². The topological polar surface area (TPSA) is 138 Å². The standard InChI is InChI=1S/C30H42N4O7S/c1-20-17-34(21(2)19-35)29(36)26-16-23(32-30(37)31-22-8-6-5-7-9-22)10-15-27(26)41-28(20)18-33(3)42(38,39)25-13-11-24(40-4)12-14-25/h10-16,20-22,28,35H,5-9,17-19H2,1-4H3,(H2,31,32,37)/t20-,21-,28+/m1/s1. The first kappa shape index (κ1) is 31.6. The van der Waals surface area contributed by atoms with Gasteiger partial charge in [0.1, 0.15) is 17.6 Å². The van der Waals surface area contributed by atoms with Gasteiger partial charge in [-0.1, -0.05) is 26.2 Å². The van der Waals surface area contributed by atoms with Crippen molar-refractivity contribution < 1.29 is 32.6 Å². The average molecular weight is 603 g/mol. The van der Waals surface area contributed by atoms with Crippen LogP contribution < -0.4 is 20.1 Å². The Morgan fingerprint density at radius 3 is 2.50 bits per heavy atom. The number of aliphatic hydroxyl groups excluding tert-OH is 1. The molecule has 0 unspecified atom stereocenters. The van der Waals surface area contributed by atoms with Crippen molar-refractivity contribution in [3.05, 3.63) is 48.0 Å². The molecule has 1 aliphatic heterocycles. The number of nitrogens with zero attached hydrogens (tertiary/aromatic N) is 2. The molecule has 42 heavy (non-hydrogen) atoms. The van der Waals surface area contributed by atoms with E-state index in [4.69, 9.17) is 9.47 Å². The van der Waals surface area contributed by atoms with Gasteiger partial charge in [0, 0.05) is 31.2 Å². The smallest absolute Gasteiger partial charge is 0.319 e. The third kappa shape index (κ3) is 7.34. The van der Waals surface area contributed by atoms with Gasteiger partial charge < -0.3 is 30.1 Å². The number of amides is 3. The number of rotatable bonds is 9. The molecule has 1 aliphatic carbocycles. The Morgan fingerprint density at radius 2 is 1.86 bits per heavy atom. The van der Waals surface area contributed by atoms with E-state index >= 15 is 0 Å². The molecule has 0 saturated heterocycles. The Labute approximate surface area is 248 Å². The summed E-state index contributed by atoms with van der Waals surface area (Å²) in [7, 11) is -0.836. The monoisotopic (exact) mass is 602 g/mol. The van der Waals surface area contributed by atoms with Crippen LogP contribution in [0.25, 0.3) is 0 Å². The number of urea groups is 1. The van der Waals surface area contributed by atoms with Crippen molar-refractivity contribution in [2.45, 2.75) is 69.0 Å². The van der Waals surface area contributed by atoms with Crippen LogP contribution in [0.1, 0.15) is 56.3 Å². The molecule has 0 bridgehead atoms. The molecule has 11 nitrogen and oxygen atoms in total. The number of methoxy groups -OCH3 is 1. The Bertz CT molecular complexity index is 1350. The largest absolute Gasteiger partial charge is 0.497 e. The van der Waals surface area contributed by atoms with E-state index in [9.17, 15) is 23.1 Å². The fourth-order valence-electron chi connectivity index (χ4n) is 5.40. The molecule has 0 aromatic heterocycles. The summed E-state index contributed by atoms with van der Waals surface area (Å²) in [5.74, 6) is 0.213. The van der Waals surface area contributed by atoms with Gasteiger partial charge in [-0.2, -0.15) is 4.31 Å². The Morgan fingerprint density at radius 1 is 1.17 bits per heavy atom. The summed E-state index contributed by atoms with van der Waals surface area (Å²) >= 11 is 0. The minimum absolute atomic E-state index is 0.0221. The lowest BCUT2D eigenvalue weighted by Gasteiger charge is -2.38. The normalized spacial score (nSPS) is 20.6. The molecular weight excluding hydrogens is 560 g/mol. The zero-order valence-corrected chi connectivity index (χ0v) is 25.5.